The number of anilines is 1. The van der Waals surface area contributed by atoms with E-state index in [1.54, 1.807) is 13.0 Å². The predicted molar refractivity (Wildman–Crippen MR) is 67.2 cm³/mol. The second kappa shape index (κ2) is 6.24. The summed E-state index contributed by atoms with van der Waals surface area (Å²) in [6.45, 7) is 1.75. The monoisotopic (exact) mass is 254 g/mol. The third-order valence-corrected chi connectivity index (χ3v) is 2.75. The first-order chi connectivity index (χ1) is 8.10. The fraction of sp³-hybridized carbons (Fsp3) is 0.364. The van der Waals surface area contributed by atoms with Crippen molar-refractivity contribution in [1.29, 1.82) is 0 Å². The fourth-order valence-electron chi connectivity index (χ4n) is 1.11. The molecule has 1 unspecified atom stereocenters. The number of thiol groups is 1. The van der Waals surface area contributed by atoms with Gasteiger partial charge in [0, 0.05) is 24.1 Å². The molecular formula is C11H14N2O3S. The van der Waals surface area contributed by atoms with Crippen LogP contribution < -0.4 is 5.32 Å². The molecule has 92 valence electrons. The Balaban J connectivity index is 2.91. The number of ether oxygens (including phenoxy) is 1. The van der Waals surface area contributed by atoms with E-state index in [1.165, 1.54) is 19.5 Å². The van der Waals surface area contributed by atoms with Gasteiger partial charge in [-0.25, -0.2) is 4.79 Å². The van der Waals surface area contributed by atoms with E-state index >= 15 is 0 Å². The van der Waals surface area contributed by atoms with Crippen LogP contribution in [-0.2, 0) is 9.53 Å². The molecule has 1 N–H and O–H groups in total. The van der Waals surface area contributed by atoms with Crippen LogP contribution in [0.25, 0.3) is 0 Å². The molecule has 1 atom stereocenters. The van der Waals surface area contributed by atoms with E-state index in [9.17, 15) is 9.59 Å². The van der Waals surface area contributed by atoms with E-state index in [0.29, 0.717) is 11.4 Å². The standard InChI is InChI=1S/C11H14N2O3S/c1-7(6-17)10(14)13-9-3-4-12-5-8(9)11(15)16-2/h3-5,7,17H,6H2,1-2H3,(H,12,13,14). The summed E-state index contributed by atoms with van der Waals surface area (Å²) < 4.78 is 4.60. The highest BCUT2D eigenvalue weighted by molar-refractivity contribution is 7.80. The maximum atomic E-state index is 11.7. The van der Waals surface area contributed by atoms with Gasteiger partial charge in [-0.1, -0.05) is 6.92 Å². The summed E-state index contributed by atoms with van der Waals surface area (Å²) >= 11 is 4.04. The summed E-state index contributed by atoms with van der Waals surface area (Å²) in [5.41, 5.74) is 0.625. The SMILES string of the molecule is COC(=O)c1cnccc1NC(=O)C(C)CS. The fourth-order valence-corrected chi connectivity index (χ4v) is 1.28. The second-order valence-corrected chi connectivity index (χ2v) is 3.85. The first kappa shape index (κ1) is 13.5. The van der Waals surface area contributed by atoms with Gasteiger partial charge < -0.3 is 10.1 Å². The number of hydrogen-bond donors (Lipinski definition) is 2. The Labute approximate surface area is 105 Å². The van der Waals surface area contributed by atoms with Gasteiger partial charge in [0.25, 0.3) is 0 Å². The predicted octanol–water partition coefficient (Wildman–Crippen LogP) is 1.37. The van der Waals surface area contributed by atoms with Crippen LogP contribution in [0.2, 0.25) is 0 Å². The Morgan fingerprint density at radius 3 is 2.88 bits per heavy atom. The molecule has 0 aromatic carbocycles. The summed E-state index contributed by atoms with van der Waals surface area (Å²) in [5, 5.41) is 2.65. The number of aromatic nitrogens is 1. The van der Waals surface area contributed by atoms with Crippen LogP contribution in [-0.4, -0.2) is 29.7 Å². The molecule has 5 nitrogen and oxygen atoms in total. The van der Waals surface area contributed by atoms with Crippen LogP contribution in [0.15, 0.2) is 18.5 Å². The molecular weight excluding hydrogens is 240 g/mol. The van der Waals surface area contributed by atoms with E-state index in [2.05, 4.69) is 27.7 Å². The molecule has 0 saturated carbocycles. The Morgan fingerprint density at radius 1 is 1.59 bits per heavy atom. The van der Waals surface area contributed by atoms with Crippen LogP contribution >= 0.6 is 12.6 Å². The molecule has 6 heteroatoms. The van der Waals surface area contributed by atoms with Gasteiger partial charge in [-0.15, -0.1) is 0 Å². The van der Waals surface area contributed by atoms with Crippen molar-refractivity contribution in [3.63, 3.8) is 0 Å². The maximum Gasteiger partial charge on any atom is 0.341 e. The quantitative estimate of drug-likeness (QED) is 0.629. The zero-order valence-electron chi connectivity index (χ0n) is 9.64. The number of amides is 1. The zero-order valence-corrected chi connectivity index (χ0v) is 10.5. The van der Waals surface area contributed by atoms with E-state index in [1.807, 2.05) is 0 Å². The number of hydrogen-bond acceptors (Lipinski definition) is 5. The zero-order chi connectivity index (χ0) is 12.8. The van der Waals surface area contributed by atoms with Gasteiger partial charge >= 0.3 is 5.97 Å². The number of carbonyl (C=O) groups excluding carboxylic acids is 2. The first-order valence-electron chi connectivity index (χ1n) is 5.04. The number of rotatable bonds is 4. The van der Waals surface area contributed by atoms with Crippen molar-refractivity contribution in [3.8, 4) is 0 Å². The highest BCUT2D eigenvalue weighted by atomic mass is 32.1. The molecule has 0 aliphatic rings. The number of esters is 1. The second-order valence-electron chi connectivity index (χ2n) is 3.49. The van der Waals surface area contributed by atoms with Gasteiger partial charge in [0.1, 0.15) is 5.56 Å². The Bertz CT molecular complexity index is 423. The molecule has 0 saturated heterocycles. The summed E-state index contributed by atoms with van der Waals surface area (Å²) in [7, 11) is 1.28. The summed E-state index contributed by atoms with van der Waals surface area (Å²) in [6.07, 6.45) is 2.85. The minimum Gasteiger partial charge on any atom is -0.465 e. The smallest absolute Gasteiger partial charge is 0.341 e. The third-order valence-electron chi connectivity index (χ3n) is 2.21. The number of nitrogens with one attached hydrogen (secondary N) is 1. The summed E-state index contributed by atoms with van der Waals surface area (Å²) in [5.74, 6) is -0.537. The Morgan fingerprint density at radius 2 is 2.29 bits per heavy atom. The number of methoxy groups -OCH3 is 1. The molecule has 17 heavy (non-hydrogen) atoms. The molecule has 0 radical (unpaired) electrons. The average molecular weight is 254 g/mol. The van der Waals surface area contributed by atoms with E-state index < -0.39 is 5.97 Å². The number of pyridine rings is 1. The van der Waals surface area contributed by atoms with Crippen LogP contribution in [0.1, 0.15) is 17.3 Å². The number of nitrogens with zero attached hydrogens (tertiary/aromatic N) is 1. The van der Waals surface area contributed by atoms with Crippen LogP contribution in [0.3, 0.4) is 0 Å². The van der Waals surface area contributed by atoms with Crippen LogP contribution in [0.5, 0.6) is 0 Å². The molecule has 1 rings (SSSR count). The third kappa shape index (κ3) is 3.45. The molecule has 0 fully saturated rings. The molecule has 1 aromatic heterocycles. The van der Waals surface area contributed by atoms with Crippen molar-refractivity contribution in [2.45, 2.75) is 6.92 Å². The minimum absolute atomic E-state index is 0.198. The first-order valence-corrected chi connectivity index (χ1v) is 5.67. The highest BCUT2D eigenvalue weighted by Gasteiger charge is 2.16. The van der Waals surface area contributed by atoms with E-state index in [0.717, 1.165) is 0 Å². The number of carbonyl (C=O) groups is 2. The molecule has 0 aliphatic carbocycles. The molecule has 0 bridgehead atoms. The lowest BCUT2D eigenvalue weighted by atomic mass is 10.2. The van der Waals surface area contributed by atoms with E-state index in [-0.39, 0.29) is 17.4 Å². The van der Waals surface area contributed by atoms with Crippen LogP contribution in [0.4, 0.5) is 5.69 Å². The van der Waals surface area contributed by atoms with Crippen molar-refractivity contribution < 1.29 is 14.3 Å². The van der Waals surface area contributed by atoms with Crippen molar-refractivity contribution in [2.75, 3.05) is 18.2 Å². The lowest BCUT2D eigenvalue weighted by molar-refractivity contribution is -0.118. The summed E-state index contributed by atoms with van der Waals surface area (Å²) in [4.78, 5) is 26.9. The summed E-state index contributed by atoms with van der Waals surface area (Å²) in [6, 6.07) is 1.55. The topological polar surface area (TPSA) is 68.3 Å². The van der Waals surface area contributed by atoms with Gasteiger partial charge in [-0.2, -0.15) is 12.6 Å². The lowest BCUT2D eigenvalue weighted by Crippen LogP contribution is -2.23. The molecule has 1 amide bonds. The lowest BCUT2D eigenvalue weighted by Gasteiger charge is -2.11. The normalized spacial score (nSPS) is 11.7. The van der Waals surface area contributed by atoms with Gasteiger partial charge in [-0.05, 0) is 6.07 Å². The van der Waals surface area contributed by atoms with Gasteiger partial charge in [0.05, 0.1) is 12.8 Å². The Kier molecular flexibility index (Phi) is 4.96. The molecule has 1 heterocycles. The largest absolute Gasteiger partial charge is 0.465 e. The average Bonchev–Trinajstić information content (AvgIpc) is 2.37. The molecule has 0 aliphatic heterocycles. The van der Waals surface area contributed by atoms with Crippen molar-refractivity contribution in [2.24, 2.45) is 5.92 Å². The van der Waals surface area contributed by atoms with Crippen molar-refractivity contribution >= 4 is 30.2 Å². The molecule has 1 aromatic rings. The maximum absolute atomic E-state index is 11.7. The highest BCUT2D eigenvalue weighted by Crippen LogP contribution is 2.15. The van der Waals surface area contributed by atoms with Crippen LogP contribution in [0, 0.1) is 5.92 Å². The minimum atomic E-state index is -0.535. The van der Waals surface area contributed by atoms with Gasteiger partial charge in [-0.3, -0.25) is 9.78 Å². The Hall–Kier alpha value is -1.56. The van der Waals surface area contributed by atoms with E-state index in [4.69, 9.17) is 0 Å². The van der Waals surface area contributed by atoms with Gasteiger partial charge in [0.2, 0.25) is 5.91 Å². The van der Waals surface area contributed by atoms with Gasteiger partial charge in [0.15, 0.2) is 0 Å². The molecule has 0 spiro atoms. The van der Waals surface area contributed by atoms with Crippen molar-refractivity contribution in [3.05, 3.63) is 24.0 Å². The van der Waals surface area contributed by atoms with Crippen molar-refractivity contribution in [1.82, 2.24) is 4.98 Å².